The van der Waals surface area contributed by atoms with Gasteiger partial charge in [-0.1, -0.05) is 0 Å². The molecule has 1 spiro atoms. The van der Waals surface area contributed by atoms with Crippen molar-refractivity contribution in [2.75, 3.05) is 38.7 Å². The number of rotatable bonds is 2. The van der Waals surface area contributed by atoms with Gasteiger partial charge >= 0.3 is 12.1 Å². The van der Waals surface area contributed by atoms with Gasteiger partial charge in [-0.2, -0.15) is 0 Å². The fraction of sp³-hybridized carbons (Fsp3) is 0.533. The van der Waals surface area contributed by atoms with E-state index in [1.54, 1.807) is 12.1 Å². The van der Waals surface area contributed by atoms with Gasteiger partial charge in [-0.3, -0.25) is 4.90 Å². The number of carbonyl (C=O) groups is 2. The van der Waals surface area contributed by atoms with E-state index in [1.165, 1.54) is 18.2 Å². The highest BCUT2D eigenvalue weighted by Crippen LogP contribution is 2.34. The fourth-order valence-electron chi connectivity index (χ4n) is 2.87. The Balaban J connectivity index is 1.75. The molecule has 118 valence electrons. The molecule has 7 heteroatoms. The van der Waals surface area contributed by atoms with Crippen molar-refractivity contribution in [3.05, 3.63) is 23.9 Å². The van der Waals surface area contributed by atoms with Gasteiger partial charge in [0.15, 0.2) is 0 Å². The highest BCUT2D eigenvalue weighted by atomic mass is 16.6. The summed E-state index contributed by atoms with van der Waals surface area (Å²) in [5.74, 6) is 0.0447. The van der Waals surface area contributed by atoms with Crippen LogP contribution in [0.2, 0.25) is 0 Å². The number of nitrogens with zero attached hydrogens (tertiary/aromatic N) is 3. The lowest BCUT2D eigenvalue weighted by atomic mass is 9.91. The van der Waals surface area contributed by atoms with E-state index in [9.17, 15) is 9.59 Å². The lowest BCUT2D eigenvalue weighted by Crippen LogP contribution is -2.45. The van der Waals surface area contributed by atoms with Gasteiger partial charge in [0, 0.05) is 32.1 Å². The van der Waals surface area contributed by atoms with Gasteiger partial charge in [-0.25, -0.2) is 14.6 Å². The molecule has 2 aliphatic heterocycles. The van der Waals surface area contributed by atoms with E-state index < -0.39 is 11.6 Å². The maximum absolute atomic E-state index is 12.2. The summed E-state index contributed by atoms with van der Waals surface area (Å²) in [6.07, 6.45) is 2.69. The normalized spacial score (nSPS) is 21.0. The predicted molar refractivity (Wildman–Crippen MR) is 78.9 cm³/mol. The van der Waals surface area contributed by atoms with Crippen molar-refractivity contribution >= 4 is 17.9 Å². The monoisotopic (exact) mass is 305 g/mol. The molecule has 0 N–H and O–H groups in total. The number of pyridine rings is 1. The fourth-order valence-corrected chi connectivity index (χ4v) is 2.87. The number of methoxy groups -OCH3 is 1. The molecule has 0 radical (unpaired) electrons. The van der Waals surface area contributed by atoms with Gasteiger partial charge in [-0.05, 0) is 19.2 Å². The molecule has 7 nitrogen and oxygen atoms in total. The third kappa shape index (κ3) is 2.64. The quantitative estimate of drug-likeness (QED) is 0.767. The molecular weight excluding hydrogens is 286 g/mol. The smallest absolute Gasteiger partial charge is 0.416 e. The highest BCUT2D eigenvalue weighted by Gasteiger charge is 2.47. The predicted octanol–water partition coefficient (Wildman–Crippen LogP) is 1.29. The third-order valence-corrected chi connectivity index (χ3v) is 4.31. The van der Waals surface area contributed by atoms with Gasteiger partial charge in [0.1, 0.15) is 11.4 Å². The Morgan fingerprint density at radius 1 is 1.36 bits per heavy atom. The molecule has 0 aliphatic carbocycles. The van der Waals surface area contributed by atoms with Gasteiger partial charge in [0.05, 0.1) is 19.2 Å². The molecule has 1 aromatic rings. The maximum atomic E-state index is 12.2. The second-order valence-corrected chi connectivity index (χ2v) is 5.84. The molecule has 0 aromatic carbocycles. The molecule has 2 fully saturated rings. The molecule has 0 atom stereocenters. The topological polar surface area (TPSA) is 72.0 Å². The Bertz CT molecular complexity index is 579. The number of amides is 1. The van der Waals surface area contributed by atoms with E-state index in [2.05, 4.69) is 21.7 Å². The zero-order chi connectivity index (χ0) is 15.7. The van der Waals surface area contributed by atoms with Crippen LogP contribution in [0.5, 0.6) is 0 Å². The minimum Gasteiger partial charge on any atom is -0.465 e. The Hall–Kier alpha value is -2.15. The van der Waals surface area contributed by atoms with Gasteiger partial charge in [0.25, 0.3) is 0 Å². The van der Waals surface area contributed by atoms with Crippen LogP contribution in [0.3, 0.4) is 0 Å². The SMILES string of the molecule is COC(=O)c1ccc(N2CC3(CCN(C)CC3)OC2=O)nc1. The zero-order valence-corrected chi connectivity index (χ0v) is 12.7. The molecule has 2 aliphatic rings. The van der Waals surface area contributed by atoms with Crippen LogP contribution >= 0.6 is 0 Å². The molecule has 22 heavy (non-hydrogen) atoms. The maximum Gasteiger partial charge on any atom is 0.416 e. The number of anilines is 1. The van der Waals surface area contributed by atoms with Crippen LogP contribution < -0.4 is 4.90 Å². The molecule has 3 heterocycles. The number of hydrogen-bond donors (Lipinski definition) is 0. The van der Waals surface area contributed by atoms with E-state index in [0.717, 1.165) is 25.9 Å². The summed E-state index contributed by atoms with van der Waals surface area (Å²) in [7, 11) is 3.38. The first-order valence-electron chi connectivity index (χ1n) is 7.26. The largest absolute Gasteiger partial charge is 0.465 e. The van der Waals surface area contributed by atoms with Crippen LogP contribution in [0, 0.1) is 0 Å². The number of carbonyl (C=O) groups excluding carboxylic acids is 2. The Labute approximate surface area is 128 Å². The first-order chi connectivity index (χ1) is 10.5. The molecule has 3 rings (SSSR count). The molecule has 0 saturated carbocycles. The standard InChI is InChI=1S/C15H19N3O4/c1-17-7-5-15(6-8-17)10-18(14(20)22-15)12-4-3-11(9-16-12)13(19)21-2/h3-4,9H,5-8,10H2,1-2H3. The van der Waals surface area contributed by atoms with E-state index >= 15 is 0 Å². The second-order valence-electron chi connectivity index (χ2n) is 5.84. The van der Waals surface area contributed by atoms with Crippen LogP contribution in [0.4, 0.5) is 10.6 Å². The minimum atomic E-state index is -0.449. The zero-order valence-electron chi connectivity index (χ0n) is 12.7. The van der Waals surface area contributed by atoms with E-state index in [1.807, 2.05) is 0 Å². The Morgan fingerprint density at radius 3 is 2.68 bits per heavy atom. The average molecular weight is 305 g/mol. The first kappa shape index (κ1) is 14.8. The van der Waals surface area contributed by atoms with Crippen molar-refractivity contribution in [3.8, 4) is 0 Å². The second kappa shape index (κ2) is 5.57. The van der Waals surface area contributed by atoms with Gasteiger partial charge in [-0.15, -0.1) is 0 Å². The number of piperidine rings is 1. The average Bonchev–Trinajstić information content (AvgIpc) is 2.86. The summed E-state index contributed by atoms with van der Waals surface area (Å²) >= 11 is 0. The third-order valence-electron chi connectivity index (χ3n) is 4.31. The van der Waals surface area contributed by atoms with Crippen LogP contribution in [0.25, 0.3) is 0 Å². The molecule has 1 aromatic heterocycles. The molecule has 0 unspecified atom stereocenters. The Morgan fingerprint density at radius 2 is 2.09 bits per heavy atom. The summed E-state index contributed by atoms with van der Waals surface area (Å²) in [5, 5.41) is 0. The minimum absolute atomic E-state index is 0.354. The Kier molecular flexibility index (Phi) is 3.74. The van der Waals surface area contributed by atoms with Crippen molar-refractivity contribution < 1.29 is 19.1 Å². The lowest BCUT2D eigenvalue weighted by molar-refractivity contribution is 0.00677. The molecular formula is C15H19N3O4. The highest BCUT2D eigenvalue weighted by molar-refractivity contribution is 5.91. The van der Waals surface area contributed by atoms with Crippen LogP contribution in [0.15, 0.2) is 18.3 Å². The summed E-state index contributed by atoms with van der Waals surface area (Å²) in [5.41, 5.74) is -0.0560. The summed E-state index contributed by atoms with van der Waals surface area (Å²) < 4.78 is 10.3. The van der Waals surface area contributed by atoms with Gasteiger partial charge < -0.3 is 14.4 Å². The molecule has 2 saturated heterocycles. The number of hydrogen-bond acceptors (Lipinski definition) is 6. The molecule has 1 amide bonds. The van der Waals surface area contributed by atoms with Gasteiger partial charge in [0.2, 0.25) is 0 Å². The van der Waals surface area contributed by atoms with Crippen molar-refractivity contribution in [1.29, 1.82) is 0 Å². The summed E-state index contributed by atoms with van der Waals surface area (Å²) in [4.78, 5) is 31.5. The number of aromatic nitrogens is 1. The van der Waals surface area contributed by atoms with Crippen LogP contribution in [0.1, 0.15) is 23.2 Å². The number of esters is 1. The van der Waals surface area contributed by atoms with Crippen molar-refractivity contribution in [2.45, 2.75) is 18.4 Å². The van der Waals surface area contributed by atoms with Crippen LogP contribution in [-0.2, 0) is 9.47 Å². The van der Waals surface area contributed by atoms with E-state index in [-0.39, 0.29) is 6.09 Å². The first-order valence-corrected chi connectivity index (χ1v) is 7.26. The van der Waals surface area contributed by atoms with Crippen molar-refractivity contribution in [2.24, 2.45) is 0 Å². The lowest BCUT2D eigenvalue weighted by Gasteiger charge is -2.35. The van der Waals surface area contributed by atoms with Crippen molar-refractivity contribution in [3.63, 3.8) is 0 Å². The summed E-state index contributed by atoms with van der Waals surface area (Å²) in [6, 6.07) is 3.24. The number of likely N-dealkylation sites (tertiary alicyclic amines) is 1. The van der Waals surface area contributed by atoms with Crippen molar-refractivity contribution in [1.82, 2.24) is 9.88 Å². The summed E-state index contributed by atoms with van der Waals surface area (Å²) in [6.45, 7) is 2.33. The molecule has 0 bridgehead atoms. The van der Waals surface area contributed by atoms with Crippen LogP contribution in [-0.4, -0.2) is 61.3 Å². The number of ether oxygens (including phenoxy) is 2. The van der Waals surface area contributed by atoms with E-state index in [4.69, 9.17) is 4.74 Å². The van der Waals surface area contributed by atoms with E-state index in [0.29, 0.717) is 17.9 Å².